The Morgan fingerprint density at radius 1 is 1.18 bits per heavy atom. The fraction of sp³-hybridized carbons (Fsp3) is 0.419. The summed E-state index contributed by atoms with van der Waals surface area (Å²) in [5, 5.41) is 12.0. The van der Waals surface area contributed by atoms with Crippen LogP contribution in [-0.2, 0) is 26.1 Å². The van der Waals surface area contributed by atoms with Gasteiger partial charge in [0.2, 0.25) is 0 Å². The first-order valence-electron chi connectivity index (χ1n) is 13.1. The minimum absolute atomic E-state index is 0.0338. The van der Waals surface area contributed by atoms with Crippen molar-refractivity contribution in [1.82, 2.24) is 4.98 Å². The molecule has 3 aromatic rings. The molecular formula is C31H37NO5S. The molecule has 0 fully saturated rings. The molecular weight excluding hydrogens is 498 g/mol. The van der Waals surface area contributed by atoms with Crippen LogP contribution in [0.3, 0.4) is 0 Å². The Morgan fingerprint density at radius 3 is 2.50 bits per heavy atom. The fourth-order valence-corrected chi connectivity index (χ4v) is 6.05. The number of carbonyl (C=O) groups excluding carboxylic acids is 2. The van der Waals surface area contributed by atoms with Gasteiger partial charge in [0.25, 0.3) is 0 Å². The average molecular weight is 536 g/mol. The third-order valence-electron chi connectivity index (χ3n) is 7.18. The van der Waals surface area contributed by atoms with Gasteiger partial charge in [-0.1, -0.05) is 76.7 Å². The molecule has 0 amide bonds. The Morgan fingerprint density at radius 2 is 1.89 bits per heavy atom. The lowest BCUT2D eigenvalue weighted by Gasteiger charge is -2.40. The van der Waals surface area contributed by atoms with Crippen molar-refractivity contribution in [2.45, 2.75) is 76.7 Å². The molecule has 2 aromatic carbocycles. The maximum absolute atomic E-state index is 13.4. The Bertz CT molecular complexity index is 1370. The summed E-state index contributed by atoms with van der Waals surface area (Å²) in [5.74, 6) is -0.811. The van der Waals surface area contributed by atoms with Crippen molar-refractivity contribution in [3.63, 3.8) is 0 Å². The van der Waals surface area contributed by atoms with Crippen LogP contribution in [0.25, 0.3) is 10.9 Å². The van der Waals surface area contributed by atoms with E-state index < -0.39 is 17.5 Å². The Balaban J connectivity index is 1.67. The van der Waals surface area contributed by atoms with E-state index in [0.717, 1.165) is 27.8 Å². The predicted octanol–water partition coefficient (Wildman–Crippen LogP) is 7.48. The van der Waals surface area contributed by atoms with Gasteiger partial charge in [-0.3, -0.25) is 0 Å². The van der Waals surface area contributed by atoms with Gasteiger partial charge in [0.05, 0.1) is 6.61 Å². The largest absolute Gasteiger partial charge is 0.511 e. The van der Waals surface area contributed by atoms with Crippen molar-refractivity contribution in [1.29, 1.82) is 0 Å². The van der Waals surface area contributed by atoms with E-state index in [1.807, 2.05) is 44.2 Å². The van der Waals surface area contributed by atoms with E-state index in [1.165, 1.54) is 17.3 Å². The number of benzene rings is 2. The maximum atomic E-state index is 13.4. The number of cyclic esters (lactones) is 1. The third-order valence-corrected chi connectivity index (χ3v) is 8.34. The standard InChI is InChI=1S/C31H37NO5S/c1-7-36-28(34)24-15-21-16-26(22(30(4,5)6)17-23(21)32-24)38-27-25(33)18-31(19(2)3,37-29(27)35)14-13-20-11-9-8-10-12-20/h8-12,15-17,19,32-33H,7,13-14,18H2,1-6H3. The zero-order valence-electron chi connectivity index (χ0n) is 23.0. The molecule has 0 saturated carbocycles. The molecule has 1 aromatic heterocycles. The van der Waals surface area contributed by atoms with Crippen molar-refractivity contribution in [3.8, 4) is 0 Å². The molecule has 38 heavy (non-hydrogen) atoms. The second-order valence-electron chi connectivity index (χ2n) is 11.2. The van der Waals surface area contributed by atoms with Crippen LogP contribution in [0.5, 0.6) is 0 Å². The number of aromatic amines is 1. The van der Waals surface area contributed by atoms with E-state index in [1.54, 1.807) is 13.0 Å². The molecule has 1 unspecified atom stereocenters. The highest BCUT2D eigenvalue weighted by molar-refractivity contribution is 8.04. The first kappa shape index (κ1) is 27.8. The molecule has 6 nitrogen and oxygen atoms in total. The molecule has 1 atom stereocenters. The molecule has 1 aliphatic rings. The van der Waals surface area contributed by atoms with Gasteiger partial charge in [0, 0.05) is 22.2 Å². The summed E-state index contributed by atoms with van der Waals surface area (Å²) in [6.07, 6.45) is 1.65. The lowest BCUT2D eigenvalue weighted by Crippen LogP contribution is -2.44. The van der Waals surface area contributed by atoms with Crippen molar-refractivity contribution < 1.29 is 24.2 Å². The van der Waals surface area contributed by atoms with Crippen LogP contribution in [0.15, 0.2) is 64.1 Å². The van der Waals surface area contributed by atoms with Crippen LogP contribution < -0.4 is 0 Å². The molecule has 1 aliphatic heterocycles. The number of thioether (sulfide) groups is 1. The Labute approximate surface area is 228 Å². The second-order valence-corrected chi connectivity index (χ2v) is 12.3. The van der Waals surface area contributed by atoms with Crippen LogP contribution in [0.4, 0.5) is 0 Å². The Kier molecular flexibility index (Phi) is 7.98. The molecule has 0 saturated heterocycles. The predicted molar refractivity (Wildman–Crippen MR) is 152 cm³/mol. The lowest BCUT2D eigenvalue weighted by atomic mass is 9.80. The van der Waals surface area contributed by atoms with Crippen LogP contribution in [-0.4, -0.2) is 34.2 Å². The number of rotatable bonds is 8. The number of aliphatic hydroxyl groups is 1. The monoisotopic (exact) mass is 535 g/mol. The first-order valence-corrected chi connectivity index (χ1v) is 14.0. The number of esters is 2. The summed E-state index contributed by atoms with van der Waals surface area (Å²) in [4.78, 5) is 29.9. The van der Waals surface area contributed by atoms with Crippen molar-refractivity contribution in [2.75, 3.05) is 6.61 Å². The van der Waals surface area contributed by atoms with Crippen molar-refractivity contribution in [2.24, 2.45) is 5.92 Å². The summed E-state index contributed by atoms with van der Waals surface area (Å²) < 4.78 is 11.3. The van der Waals surface area contributed by atoms with E-state index >= 15 is 0 Å². The number of nitrogens with one attached hydrogen (secondary N) is 1. The van der Waals surface area contributed by atoms with Gasteiger partial charge in [0.15, 0.2) is 0 Å². The van der Waals surface area contributed by atoms with Gasteiger partial charge in [-0.15, -0.1) is 0 Å². The van der Waals surface area contributed by atoms with Gasteiger partial charge in [-0.05, 0) is 60.4 Å². The van der Waals surface area contributed by atoms with Gasteiger partial charge < -0.3 is 19.6 Å². The number of aliphatic hydroxyl groups excluding tert-OH is 1. The van der Waals surface area contributed by atoms with Crippen LogP contribution in [0.2, 0.25) is 0 Å². The van der Waals surface area contributed by atoms with Gasteiger partial charge >= 0.3 is 11.9 Å². The topological polar surface area (TPSA) is 88.6 Å². The molecule has 0 aliphatic carbocycles. The van der Waals surface area contributed by atoms with E-state index in [-0.39, 0.29) is 28.4 Å². The van der Waals surface area contributed by atoms with Crippen molar-refractivity contribution in [3.05, 3.63) is 76.0 Å². The number of fused-ring (bicyclic) bond motifs is 1. The van der Waals surface area contributed by atoms with E-state index in [4.69, 9.17) is 9.47 Å². The summed E-state index contributed by atoms with van der Waals surface area (Å²) in [6.45, 7) is 12.4. The molecule has 0 spiro atoms. The number of hydrogen-bond acceptors (Lipinski definition) is 6. The number of hydrogen-bond donors (Lipinski definition) is 2. The van der Waals surface area contributed by atoms with Gasteiger partial charge in [-0.2, -0.15) is 0 Å². The maximum Gasteiger partial charge on any atom is 0.354 e. The zero-order valence-corrected chi connectivity index (χ0v) is 23.8. The highest BCUT2D eigenvalue weighted by Crippen LogP contribution is 2.45. The highest BCUT2D eigenvalue weighted by Gasteiger charge is 2.44. The molecule has 202 valence electrons. The van der Waals surface area contributed by atoms with Crippen molar-refractivity contribution >= 4 is 34.6 Å². The number of aromatic nitrogens is 1. The molecule has 0 bridgehead atoms. The molecule has 2 heterocycles. The van der Waals surface area contributed by atoms with E-state index in [0.29, 0.717) is 18.7 Å². The number of ether oxygens (including phenoxy) is 2. The van der Waals surface area contributed by atoms with Crippen LogP contribution >= 0.6 is 11.8 Å². The summed E-state index contributed by atoms with van der Waals surface area (Å²) >= 11 is 1.23. The van der Waals surface area contributed by atoms with E-state index in [9.17, 15) is 14.7 Å². The quantitative estimate of drug-likeness (QED) is 0.291. The average Bonchev–Trinajstić information content (AvgIpc) is 3.28. The molecule has 4 rings (SSSR count). The molecule has 7 heteroatoms. The SMILES string of the molecule is CCOC(=O)c1cc2cc(SC3=C(O)CC(CCc4ccccc4)(C(C)C)OC3=O)c(C(C)(C)C)cc2[nH]1. The summed E-state index contributed by atoms with van der Waals surface area (Å²) in [7, 11) is 0. The van der Waals surface area contributed by atoms with Gasteiger partial charge in [-0.25, -0.2) is 9.59 Å². The van der Waals surface area contributed by atoms with E-state index in [2.05, 4.69) is 37.9 Å². The number of aryl methyl sites for hydroxylation is 1. The van der Waals surface area contributed by atoms with Gasteiger partial charge in [0.1, 0.15) is 22.0 Å². The highest BCUT2D eigenvalue weighted by atomic mass is 32.2. The second kappa shape index (κ2) is 10.9. The number of H-pyrrole nitrogens is 1. The zero-order chi connectivity index (χ0) is 27.7. The lowest BCUT2D eigenvalue weighted by molar-refractivity contribution is -0.164. The minimum Gasteiger partial charge on any atom is -0.511 e. The summed E-state index contributed by atoms with van der Waals surface area (Å²) in [5.41, 5.74) is 2.33. The Hall–Kier alpha value is -3.19. The minimum atomic E-state index is -0.771. The molecule has 0 radical (unpaired) electrons. The number of carbonyl (C=O) groups is 2. The normalized spacial score (nSPS) is 18.2. The third kappa shape index (κ3) is 5.78. The summed E-state index contributed by atoms with van der Waals surface area (Å²) in [6, 6.07) is 15.8. The smallest absolute Gasteiger partial charge is 0.354 e. The van der Waals surface area contributed by atoms with Crippen LogP contribution in [0.1, 0.15) is 76.0 Å². The fourth-order valence-electron chi connectivity index (χ4n) is 4.86. The molecule has 2 N–H and O–H groups in total. The first-order chi connectivity index (χ1) is 17.9. The van der Waals surface area contributed by atoms with Crippen LogP contribution in [0, 0.1) is 5.92 Å².